The predicted octanol–water partition coefficient (Wildman–Crippen LogP) is 3.03. The molecule has 2 N–H and O–H groups in total. The number of likely N-dealkylation sites (tertiary alicyclic amines) is 1. The molecule has 1 unspecified atom stereocenters. The normalized spacial score (nSPS) is 22.1. The number of aromatic nitrogens is 1. The van der Waals surface area contributed by atoms with Crippen LogP contribution in [-0.2, 0) is 20.9 Å². The minimum Gasteiger partial charge on any atom is -0.483 e. The molecule has 1 atom stereocenters. The first-order chi connectivity index (χ1) is 15.1. The molecule has 1 aromatic carbocycles. The van der Waals surface area contributed by atoms with Crippen LogP contribution in [0, 0.1) is 11.3 Å². The maximum absolute atomic E-state index is 12.6. The number of nitrogens with zero attached hydrogens (tertiary/aromatic N) is 2. The fourth-order valence-electron chi connectivity index (χ4n) is 5.38. The topological polar surface area (TPSA) is 91.6 Å². The van der Waals surface area contributed by atoms with E-state index in [1.54, 1.807) is 0 Å². The van der Waals surface area contributed by atoms with Crippen molar-refractivity contribution < 1.29 is 19.5 Å². The molecule has 1 aliphatic heterocycles. The molecule has 0 bridgehead atoms. The zero-order valence-corrected chi connectivity index (χ0v) is 17.8. The summed E-state index contributed by atoms with van der Waals surface area (Å²) in [7, 11) is 0. The van der Waals surface area contributed by atoms with Gasteiger partial charge in [-0.3, -0.25) is 14.4 Å². The Balaban J connectivity index is 0.000000730. The van der Waals surface area contributed by atoms with Crippen LogP contribution in [0.1, 0.15) is 44.9 Å². The molecule has 7 heteroatoms. The number of benzene rings is 1. The van der Waals surface area contributed by atoms with Crippen molar-refractivity contribution in [1.29, 1.82) is 0 Å². The fourth-order valence-corrected chi connectivity index (χ4v) is 5.38. The second kappa shape index (κ2) is 9.12. The van der Waals surface area contributed by atoms with Crippen LogP contribution in [-0.4, -0.2) is 52.0 Å². The van der Waals surface area contributed by atoms with Crippen molar-refractivity contribution in [3.63, 3.8) is 0 Å². The Labute approximate surface area is 182 Å². The van der Waals surface area contributed by atoms with Gasteiger partial charge in [0.25, 0.3) is 6.47 Å². The maximum Gasteiger partial charge on any atom is 0.290 e. The lowest BCUT2D eigenvalue weighted by Gasteiger charge is -2.34. The zero-order chi connectivity index (χ0) is 21.8. The molecule has 1 aromatic heterocycles. The van der Waals surface area contributed by atoms with E-state index in [-0.39, 0.29) is 29.8 Å². The lowest BCUT2D eigenvalue weighted by Crippen LogP contribution is -2.44. The van der Waals surface area contributed by atoms with Crippen LogP contribution in [0.2, 0.25) is 0 Å². The zero-order valence-electron chi connectivity index (χ0n) is 17.8. The van der Waals surface area contributed by atoms with Crippen LogP contribution in [0.5, 0.6) is 0 Å². The first-order valence-corrected chi connectivity index (χ1v) is 11.3. The number of amides is 2. The van der Waals surface area contributed by atoms with E-state index in [0.717, 1.165) is 56.1 Å². The monoisotopic (exact) mass is 425 g/mol. The standard InChI is InChI=1S/C23H29N3O2.CH2O2/c27-21(16-26-12-9-17-5-3-4-8-19(17)26)24-20-15-23(20)10-13-25(14-11-23)22(28)18-6-1-2-7-18;2-1-3/h3-5,8-9,12,18,20H,1-2,6-7,10-11,13-16H2,(H,24,27);1H,(H,2,3). The molecule has 1 saturated heterocycles. The van der Waals surface area contributed by atoms with Gasteiger partial charge in [-0.15, -0.1) is 0 Å². The Bertz CT molecular complexity index is 939. The Morgan fingerprint density at radius 1 is 1.13 bits per heavy atom. The Hall–Kier alpha value is -2.83. The number of fused-ring (bicyclic) bond motifs is 1. The summed E-state index contributed by atoms with van der Waals surface area (Å²) < 4.78 is 2.02. The first kappa shape index (κ1) is 21.4. The van der Waals surface area contributed by atoms with Crippen LogP contribution in [0.4, 0.5) is 0 Å². The number of rotatable bonds is 4. The molecule has 2 amide bonds. The van der Waals surface area contributed by atoms with Crippen LogP contribution >= 0.6 is 0 Å². The van der Waals surface area contributed by atoms with Gasteiger partial charge in [-0.05, 0) is 55.0 Å². The molecule has 166 valence electrons. The van der Waals surface area contributed by atoms with Gasteiger partial charge in [-0.1, -0.05) is 31.0 Å². The summed E-state index contributed by atoms with van der Waals surface area (Å²) in [5.41, 5.74) is 1.34. The summed E-state index contributed by atoms with van der Waals surface area (Å²) in [6.07, 6.45) is 9.68. The molecule has 2 heterocycles. The minimum atomic E-state index is -0.250. The summed E-state index contributed by atoms with van der Waals surface area (Å²) in [6.45, 7) is 1.85. The Morgan fingerprint density at radius 2 is 1.81 bits per heavy atom. The van der Waals surface area contributed by atoms with Gasteiger partial charge in [0.15, 0.2) is 0 Å². The van der Waals surface area contributed by atoms with Crippen LogP contribution in [0.25, 0.3) is 10.9 Å². The van der Waals surface area contributed by atoms with Crippen LogP contribution in [0.15, 0.2) is 36.5 Å². The van der Waals surface area contributed by atoms with Gasteiger partial charge in [0.2, 0.25) is 11.8 Å². The number of piperidine rings is 1. The third-order valence-electron chi connectivity index (χ3n) is 7.29. The highest BCUT2D eigenvalue weighted by atomic mass is 16.3. The van der Waals surface area contributed by atoms with E-state index in [9.17, 15) is 9.59 Å². The lowest BCUT2D eigenvalue weighted by atomic mass is 9.91. The number of hydrogen-bond donors (Lipinski definition) is 2. The van der Waals surface area contributed by atoms with Crippen molar-refractivity contribution in [2.24, 2.45) is 11.3 Å². The molecule has 5 rings (SSSR count). The lowest BCUT2D eigenvalue weighted by molar-refractivity contribution is -0.137. The SMILES string of the molecule is O=C(Cn1ccc2ccccc21)NC1CC12CCN(C(=O)C1CCCC1)CC2.O=CO. The van der Waals surface area contributed by atoms with Crippen molar-refractivity contribution in [1.82, 2.24) is 14.8 Å². The van der Waals surface area contributed by atoms with E-state index in [4.69, 9.17) is 9.90 Å². The molecule has 7 nitrogen and oxygen atoms in total. The summed E-state index contributed by atoms with van der Waals surface area (Å²) in [5, 5.41) is 11.3. The van der Waals surface area contributed by atoms with Gasteiger partial charge in [0, 0.05) is 36.8 Å². The summed E-state index contributed by atoms with van der Waals surface area (Å²) in [4.78, 5) is 35.7. The molecule has 0 radical (unpaired) electrons. The van der Waals surface area contributed by atoms with E-state index in [2.05, 4.69) is 28.4 Å². The third-order valence-corrected chi connectivity index (χ3v) is 7.29. The minimum absolute atomic E-state index is 0.0905. The first-order valence-electron chi connectivity index (χ1n) is 11.3. The smallest absolute Gasteiger partial charge is 0.290 e. The number of carboxylic acid groups (broad SMARTS) is 1. The van der Waals surface area contributed by atoms with E-state index in [1.165, 1.54) is 12.8 Å². The van der Waals surface area contributed by atoms with Crippen molar-refractivity contribution in [2.45, 2.75) is 57.5 Å². The molecular formula is C24H31N3O4. The highest BCUT2D eigenvalue weighted by Gasteiger charge is 2.56. The highest BCUT2D eigenvalue weighted by Crippen LogP contribution is 2.54. The van der Waals surface area contributed by atoms with Crippen LogP contribution in [0.3, 0.4) is 0 Å². The number of nitrogens with one attached hydrogen (secondary N) is 1. The highest BCUT2D eigenvalue weighted by molar-refractivity contribution is 5.83. The molecule has 2 saturated carbocycles. The molecule has 1 spiro atoms. The number of hydrogen-bond acceptors (Lipinski definition) is 3. The van der Waals surface area contributed by atoms with Crippen LogP contribution < -0.4 is 5.32 Å². The van der Waals surface area contributed by atoms with E-state index in [0.29, 0.717) is 12.5 Å². The Morgan fingerprint density at radius 3 is 2.52 bits per heavy atom. The van der Waals surface area contributed by atoms with Crippen molar-refractivity contribution in [3.8, 4) is 0 Å². The predicted molar refractivity (Wildman–Crippen MR) is 117 cm³/mol. The average molecular weight is 426 g/mol. The van der Waals surface area contributed by atoms with Crippen molar-refractivity contribution in [2.75, 3.05) is 13.1 Å². The second-order valence-corrected chi connectivity index (χ2v) is 9.10. The molecule has 3 aliphatic rings. The van der Waals surface area contributed by atoms with Gasteiger partial charge in [-0.2, -0.15) is 0 Å². The van der Waals surface area contributed by atoms with Gasteiger partial charge >= 0.3 is 0 Å². The quantitative estimate of drug-likeness (QED) is 0.737. The van der Waals surface area contributed by atoms with E-state index in [1.807, 2.05) is 22.9 Å². The maximum atomic E-state index is 12.6. The van der Waals surface area contributed by atoms with Gasteiger partial charge in [0.1, 0.15) is 6.54 Å². The fraction of sp³-hybridized carbons (Fsp3) is 0.542. The molecule has 31 heavy (non-hydrogen) atoms. The Kier molecular flexibility index (Phi) is 6.30. The summed E-state index contributed by atoms with van der Waals surface area (Å²) in [5.74, 6) is 0.751. The number of carbonyl (C=O) groups excluding carboxylic acids is 2. The van der Waals surface area contributed by atoms with Gasteiger partial charge in [0.05, 0.1) is 0 Å². The van der Waals surface area contributed by atoms with Gasteiger partial charge < -0.3 is 19.9 Å². The third kappa shape index (κ3) is 4.60. The van der Waals surface area contributed by atoms with Gasteiger partial charge in [-0.25, -0.2) is 0 Å². The second-order valence-electron chi connectivity index (χ2n) is 9.10. The summed E-state index contributed by atoms with van der Waals surface area (Å²) >= 11 is 0. The molecule has 3 fully saturated rings. The van der Waals surface area contributed by atoms with E-state index >= 15 is 0 Å². The summed E-state index contributed by atoms with van der Waals surface area (Å²) in [6, 6.07) is 10.5. The largest absolute Gasteiger partial charge is 0.483 e. The number of carbonyl (C=O) groups is 3. The molecule has 2 aliphatic carbocycles. The average Bonchev–Trinajstić information content (AvgIpc) is 3.16. The molecule has 2 aromatic rings. The molecular weight excluding hydrogens is 394 g/mol. The number of para-hydroxylation sites is 1. The van der Waals surface area contributed by atoms with Crippen molar-refractivity contribution >= 4 is 29.2 Å². The van der Waals surface area contributed by atoms with E-state index < -0.39 is 0 Å². The van der Waals surface area contributed by atoms with Crippen molar-refractivity contribution in [3.05, 3.63) is 36.5 Å².